The molecule has 0 amide bonds. The van der Waals surface area contributed by atoms with Gasteiger partial charge in [-0.25, -0.2) is 0 Å². The van der Waals surface area contributed by atoms with E-state index in [4.69, 9.17) is 18.9 Å². The fraction of sp³-hybridized carbons (Fsp3) is 0.667. The predicted molar refractivity (Wildman–Crippen MR) is 115 cm³/mol. The molecule has 1 aliphatic rings. The SMILES string of the molecule is COc1ccc(C(C[C@@H](O)COC[C@H]2COC(C)(C)O2)=N[S+]([O-])C(C)(C)C)c(O)c1. The van der Waals surface area contributed by atoms with Gasteiger partial charge in [-0.05, 0) is 46.8 Å². The summed E-state index contributed by atoms with van der Waals surface area (Å²) in [4.78, 5) is 0. The van der Waals surface area contributed by atoms with Crippen molar-refractivity contribution in [1.29, 1.82) is 0 Å². The number of ether oxygens (including phenoxy) is 4. The Balaban J connectivity index is 2.06. The Hall–Kier alpha value is -1.36. The summed E-state index contributed by atoms with van der Waals surface area (Å²) in [5.74, 6) is -0.209. The van der Waals surface area contributed by atoms with Gasteiger partial charge in [0.2, 0.25) is 0 Å². The van der Waals surface area contributed by atoms with E-state index in [2.05, 4.69) is 4.40 Å². The first kappa shape index (κ1) is 24.9. The van der Waals surface area contributed by atoms with Crippen LogP contribution in [0.1, 0.15) is 46.6 Å². The number of hydrogen-bond acceptors (Lipinski definition) is 8. The third-order valence-electron chi connectivity index (χ3n) is 4.34. The topological polar surface area (TPSA) is 113 Å². The Morgan fingerprint density at radius 2 is 2.10 bits per heavy atom. The molecule has 9 heteroatoms. The van der Waals surface area contributed by atoms with Gasteiger partial charge in [-0.1, -0.05) is 4.40 Å². The Bertz CT molecular complexity index is 733. The molecule has 0 radical (unpaired) electrons. The Morgan fingerprint density at radius 3 is 2.63 bits per heavy atom. The Morgan fingerprint density at radius 1 is 1.40 bits per heavy atom. The molecule has 1 heterocycles. The van der Waals surface area contributed by atoms with E-state index in [1.807, 2.05) is 34.6 Å². The number of methoxy groups -OCH3 is 1. The molecule has 0 aliphatic carbocycles. The smallest absolute Gasteiger partial charge is 0.163 e. The summed E-state index contributed by atoms with van der Waals surface area (Å²) in [7, 11) is 1.50. The van der Waals surface area contributed by atoms with Crippen molar-refractivity contribution in [2.24, 2.45) is 4.40 Å². The molecule has 0 spiro atoms. The molecule has 1 fully saturated rings. The Labute approximate surface area is 181 Å². The fourth-order valence-corrected chi connectivity index (χ4v) is 3.43. The van der Waals surface area contributed by atoms with Gasteiger partial charge in [0.25, 0.3) is 0 Å². The molecule has 1 unspecified atom stereocenters. The van der Waals surface area contributed by atoms with Gasteiger partial charge in [0, 0.05) is 18.1 Å². The molecule has 8 nitrogen and oxygen atoms in total. The number of hydrogen-bond donors (Lipinski definition) is 2. The highest BCUT2D eigenvalue weighted by atomic mass is 32.2. The van der Waals surface area contributed by atoms with E-state index >= 15 is 0 Å². The minimum atomic E-state index is -1.56. The number of aliphatic hydroxyl groups excluding tert-OH is 1. The molecule has 0 bridgehead atoms. The van der Waals surface area contributed by atoms with Crippen LogP contribution in [0, 0.1) is 0 Å². The summed E-state index contributed by atoms with van der Waals surface area (Å²) in [5.41, 5.74) is 0.725. The minimum Gasteiger partial charge on any atom is -0.591 e. The van der Waals surface area contributed by atoms with Crippen LogP contribution in [0.2, 0.25) is 0 Å². The van der Waals surface area contributed by atoms with Crippen LogP contribution in [-0.2, 0) is 25.6 Å². The van der Waals surface area contributed by atoms with Crippen molar-refractivity contribution in [2.45, 2.75) is 63.8 Å². The second-order valence-electron chi connectivity index (χ2n) is 8.63. The van der Waals surface area contributed by atoms with Crippen LogP contribution in [0.5, 0.6) is 11.5 Å². The lowest BCUT2D eigenvalue weighted by molar-refractivity contribution is -0.146. The molecular formula is C21H33NO7S. The lowest BCUT2D eigenvalue weighted by atomic mass is 10.0. The van der Waals surface area contributed by atoms with Crippen molar-refractivity contribution in [3.63, 3.8) is 0 Å². The lowest BCUT2D eigenvalue weighted by Crippen LogP contribution is -2.29. The number of benzene rings is 1. The van der Waals surface area contributed by atoms with Gasteiger partial charge in [0.1, 0.15) is 39.4 Å². The second kappa shape index (κ2) is 10.3. The first-order valence-electron chi connectivity index (χ1n) is 9.86. The molecule has 1 aliphatic heterocycles. The maximum Gasteiger partial charge on any atom is 0.163 e. The van der Waals surface area contributed by atoms with Crippen LogP contribution in [0.25, 0.3) is 0 Å². The highest BCUT2D eigenvalue weighted by Crippen LogP contribution is 2.28. The van der Waals surface area contributed by atoms with Gasteiger partial charge in [-0.15, -0.1) is 0 Å². The molecule has 30 heavy (non-hydrogen) atoms. The third kappa shape index (κ3) is 7.40. The van der Waals surface area contributed by atoms with E-state index < -0.39 is 28.0 Å². The zero-order valence-electron chi connectivity index (χ0n) is 18.5. The molecule has 0 saturated carbocycles. The van der Waals surface area contributed by atoms with E-state index in [-0.39, 0.29) is 31.5 Å². The molecule has 1 aromatic carbocycles. The molecule has 0 aromatic heterocycles. The first-order valence-corrected chi connectivity index (χ1v) is 11.0. The molecule has 2 rings (SSSR count). The molecule has 1 saturated heterocycles. The number of phenolic OH excluding ortho intramolecular Hbond substituents is 1. The van der Waals surface area contributed by atoms with E-state index in [0.717, 1.165) is 0 Å². The summed E-state index contributed by atoms with van der Waals surface area (Å²) >= 11 is -1.56. The van der Waals surface area contributed by atoms with Crippen LogP contribution in [-0.4, -0.2) is 70.1 Å². The summed E-state index contributed by atoms with van der Waals surface area (Å²) < 4.78 is 38.2. The summed E-state index contributed by atoms with van der Waals surface area (Å²) in [6.07, 6.45) is -1.04. The van der Waals surface area contributed by atoms with E-state index in [1.165, 1.54) is 13.2 Å². The van der Waals surface area contributed by atoms with Crippen LogP contribution < -0.4 is 4.74 Å². The van der Waals surface area contributed by atoms with Gasteiger partial charge < -0.3 is 33.7 Å². The lowest BCUT2D eigenvalue weighted by Gasteiger charge is -2.21. The number of nitrogens with zero attached hydrogens (tertiary/aromatic N) is 1. The summed E-state index contributed by atoms with van der Waals surface area (Å²) in [6.45, 7) is 9.85. The number of rotatable bonds is 9. The monoisotopic (exact) mass is 443 g/mol. The molecule has 170 valence electrons. The minimum absolute atomic E-state index is 0.0401. The average molecular weight is 444 g/mol. The molecule has 2 N–H and O–H groups in total. The maximum absolute atomic E-state index is 12.6. The van der Waals surface area contributed by atoms with Crippen molar-refractivity contribution in [2.75, 3.05) is 26.9 Å². The standard InChI is InChI=1S/C21H33NO7S/c1-20(2,3)30(25)22-18(17-8-7-15(26-6)10-19(17)24)9-14(23)11-27-12-16-13-28-21(4,5)29-16/h7-8,10,14,16,23-24H,9,11-13H2,1-6H3/t14-,16+,30?/m1/s1. The normalized spacial score (nSPS) is 21.5. The van der Waals surface area contributed by atoms with Gasteiger partial charge in [-0.3, -0.25) is 0 Å². The van der Waals surface area contributed by atoms with Crippen LogP contribution in [0.4, 0.5) is 0 Å². The van der Waals surface area contributed by atoms with E-state index in [9.17, 15) is 14.8 Å². The van der Waals surface area contributed by atoms with Crippen molar-refractivity contribution in [1.82, 2.24) is 0 Å². The largest absolute Gasteiger partial charge is 0.591 e. The van der Waals surface area contributed by atoms with Crippen molar-refractivity contribution >= 4 is 17.1 Å². The quantitative estimate of drug-likeness (QED) is 0.445. The van der Waals surface area contributed by atoms with Gasteiger partial charge in [0.15, 0.2) is 5.79 Å². The highest BCUT2D eigenvalue weighted by molar-refractivity contribution is 7.91. The van der Waals surface area contributed by atoms with Crippen LogP contribution in [0.3, 0.4) is 0 Å². The number of phenols is 1. The number of aliphatic hydroxyl groups is 1. The number of aromatic hydroxyl groups is 1. The van der Waals surface area contributed by atoms with Crippen LogP contribution >= 0.6 is 0 Å². The van der Waals surface area contributed by atoms with Crippen molar-refractivity contribution < 1.29 is 33.7 Å². The fourth-order valence-electron chi connectivity index (χ4n) is 2.78. The maximum atomic E-state index is 12.6. The zero-order chi connectivity index (χ0) is 22.5. The average Bonchev–Trinajstić information content (AvgIpc) is 2.99. The summed E-state index contributed by atoms with van der Waals surface area (Å²) in [5, 5.41) is 20.9. The second-order valence-corrected chi connectivity index (χ2v) is 10.5. The van der Waals surface area contributed by atoms with E-state index in [0.29, 0.717) is 23.6 Å². The van der Waals surface area contributed by atoms with Crippen LogP contribution in [0.15, 0.2) is 22.6 Å². The Kier molecular flexibility index (Phi) is 8.55. The predicted octanol–water partition coefficient (Wildman–Crippen LogP) is 2.57. The first-order chi connectivity index (χ1) is 13.9. The van der Waals surface area contributed by atoms with Gasteiger partial charge >= 0.3 is 0 Å². The molecular weight excluding hydrogens is 410 g/mol. The third-order valence-corrected chi connectivity index (χ3v) is 5.78. The van der Waals surface area contributed by atoms with Crippen molar-refractivity contribution in [3.8, 4) is 11.5 Å². The zero-order valence-corrected chi connectivity index (χ0v) is 19.3. The summed E-state index contributed by atoms with van der Waals surface area (Å²) in [6, 6.07) is 4.76. The van der Waals surface area contributed by atoms with Crippen molar-refractivity contribution in [3.05, 3.63) is 23.8 Å². The highest BCUT2D eigenvalue weighted by Gasteiger charge is 2.33. The van der Waals surface area contributed by atoms with E-state index in [1.54, 1.807) is 12.1 Å². The van der Waals surface area contributed by atoms with Gasteiger partial charge in [0.05, 0.1) is 33.0 Å². The molecule has 1 aromatic rings. The molecule has 3 atom stereocenters. The van der Waals surface area contributed by atoms with Gasteiger partial charge in [-0.2, -0.15) is 0 Å².